The van der Waals surface area contributed by atoms with Crippen LogP contribution < -0.4 is 10.6 Å². The average molecular weight is 283 g/mol. The van der Waals surface area contributed by atoms with Crippen molar-refractivity contribution >= 4 is 23.4 Å². The molecule has 2 amide bonds. The van der Waals surface area contributed by atoms with Crippen LogP contribution in [0.25, 0.3) is 0 Å². The average Bonchev–Trinajstić information content (AvgIpc) is 2.38. The Morgan fingerprint density at radius 3 is 2.63 bits per heavy atom. The molecule has 5 heteroatoms. The largest absolute Gasteiger partial charge is 0.354 e. The van der Waals surface area contributed by atoms with Crippen LogP contribution >= 0.6 is 11.6 Å². The third-order valence-corrected chi connectivity index (χ3v) is 3.11. The van der Waals surface area contributed by atoms with Crippen LogP contribution in [0.1, 0.15) is 37.0 Å². The molecule has 1 atom stereocenters. The smallest absolute Gasteiger partial charge is 0.252 e. The Kier molecular flexibility index (Phi) is 6.36. The van der Waals surface area contributed by atoms with Crippen molar-refractivity contribution in [3.05, 3.63) is 34.9 Å². The molecular formula is C14H19ClN2O2. The lowest BCUT2D eigenvalue weighted by molar-refractivity contribution is -0.121. The number of hydrogen-bond donors (Lipinski definition) is 2. The summed E-state index contributed by atoms with van der Waals surface area (Å²) >= 11 is 5.91. The number of rotatable bonds is 6. The molecule has 0 saturated carbocycles. The predicted octanol–water partition coefficient (Wildman–Crippen LogP) is 2.37. The van der Waals surface area contributed by atoms with E-state index in [-0.39, 0.29) is 24.3 Å². The van der Waals surface area contributed by atoms with E-state index in [9.17, 15) is 9.59 Å². The third kappa shape index (κ3) is 5.30. The maximum absolute atomic E-state index is 11.8. The Hall–Kier alpha value is -1.55. The van der Waals surface area contributed by atoms with Gasteiger partial charge in [-0.1, -0.05) is 30.7 Å². The first-order valence-corrected chi connectivity index (χ1v) is 6.74. The summed E-state index contributed by atoms with van der Waals surface area (Å²) in [6, 6.07) is 6.98. The Balaban J connectivity index is 2.36. The van der Waals surface area contributed by atoms with Gasteiger partial charge < -0.3 is 10.6 Å². The second-order valence-electron chi connectivity index (χ2n) is 4.36. The van der Waals surface area contributed by atoms with E-state index in [1.807, 2.05) is 13.8 Å². The topological polar surface area (TPSA) is 58.2 Å². The highest BCUT2D eigenvalue weighted by Crippen LogP contribution is 2.14. The molecule has 0 fully saturated rings. The molecule has 0 unspecified atom stereocenters. The van der Waals surface area contributed by atoms with Gasteiger partial charge in [0.15, 0.2) is 0 Å². The van der Waals surface area contributed by atoms with Crippen LogP contribution in [0, 0.1) is 0 Å². The molecular weight excluding hydrogens is 264 g/mol. The standard InChI is InChI=1S/C14H19ClN2O2/c1-3-10(2)17-13(18)8-9-16-14(19)11-6-4-5-7-12(11)15/h4-7,10H,3,8-9H2,1-2H3,(H,16,19)(H,17,18)/t10-/m1/s1. The van der Waals surface area contributed by atoms with Crippen LogP contribution in [0.5, 0.6) is 0 Å². The van der Waals surface area contributed by atoms with Crippen molar-refractivity contribution in [1.29, 1.82) is 0 Å². The number of amides is 2. The van der Waals surface area contributed by atoms with Crippen molar-refractivity contribution in [1.82, 2.24) is 10.6 Å². The van der Waals surface area contributed by atoms with Crippen molar-refractivity contribution in [3.8, 4) is 0 Å². The molecule has 0 spiro atoms. The number of benzene rings is 1. The number of nitrogens with one attached hydrogen (secondary N) is 2. The second kappa shape index (κ2) is 7.79. The molecule has 1 aromatic carbocycles. The first kappa shape index (κ1) is 15.5. The van der Waals surface area contributed by atoms with E-state index in [1.165, 1.54) is 0 Å². The molecule has 0 saturated heterocycles. The van der Waals surface area contributed by atoms with Gasteiger partial charge in [0.2, 0.25) is 5.91 Å². The van der Waals surface area contributed by atoms with Gasteiger partial charge in [0.05, 0.1) is 10.6 Å². The summed E-state index contributed by atoms with van der Waals surface area (Å²) < 4.78 is 0. The highest BCUT2D eigenvalue weighted by molar-refractivity contribution is 6.33. The van der Waals surface area contributed by atoms with Crippen molar-refractivity contribution in [2.45, 2.75) is 32.7 Å². The van der Waals surface area contributed by atoms with Crippen molar-refractivity contribution in [2.24, 2.45) is 0 Å². The summed E-state index contributed by atoms with van der Waals surface area (Å²) in [5.74, 6) is -0.323. The van der Waals surface area contributed by atoms with Gasteiger partial charge in [0.25, 0.3) is 5.91 Å². The highest BCUT2D eigenvalue weighted by atomic mass is 35.5. The van der Waals surface area contributed by atoms with E-state index < -0.39 is 0 Å². The number of carbonyl (C=O) groups is 2. The predicted molar refractivity (Wildman–Crippen MR) is 76.3 cm³/mol. The van der Waals surface area contributed by atoms with Crippen LogP contribution in [0.2, 0.25) is 5.02 Å². The van der Waals surface area contributed by atoms with Gasteiger partial charge in [-0.25, -0.2) is 0 Å². The number of halogens is 1. The lowest BCUT2D eigenvalue weighted by atomic mass is 10.2. The summed E-state index contributed by atoms with van der Waals surface area (Å²) in [5, 5.41) is 5.92. The second-order valence-corrected chi connectivity index (χ2v) is 4.77. The Bertz CT molecular complexity index is 449. The van der Waals surface area contributed by atoms with Gasteiger partial charge in [-0.2, -0.15) is 0 Å². The summed E-state index contributed by atoms with van der Waals surface area (Å²) in [6.45, 7) is 4.25. The maximum Gasteiger partial charge on any atom is 0.252 e. The first-order valence-electron chi connectivity index (χ1n) is 6.36. The van der Waals surface area contributed by atoms with Gasteiger partial charge in [-0.3, -0.25) is 9.59 Å². The molecule has 2 N–H and O–H groups in total. The van der Waals surface area contributed by atoms with Gasteiger partial charge >= 0.3 is 0 Å². The minimum absolute atomic E-state index is 0.0613. The fourth-order valence-electron chi connectivity index (χ4n) is 1.48. The molecule has 104 valence electrons. The highest BCUT2D eigenvalue weighted by Gasteiger charge is 2.10. The van der Waals surface area contributed by atoms with E-state index >= 15 is 0 Å². The van der Waals surface area contributed by atoms with Crippen molar-refractivity contribution in [3.63, 3.8) is 0 Å². The molecule has 0 bridgehead atoms. The third-order valence-electron chi connectivity index (χ3n) is 2.78. The molecule has 0 aliphatic heterocycles. The summed E-state index contributed by atoms with van der Waals surface area (Å²) in [7, 11) is 0. The molecule has 0 aromatic heterocycles. The zero-order valence-electron chi connectivity index (χ0n) is 11.2. The van der Waals surface area contributed by atoms with Crippen LogP contribution in [-0.4, -0.2) is 24.4 Å². The fraction of sp³-hybridized carbons (Fsp3) is 0.429. The minimum atomic E-state index is -0.262. The molecule has 0 radical (unpaired) electrons. The molecule has 0 heterocycles. The van der Waals surface area contributed by atoms with E-state index in [1.54, 1.807) is 24.3 Å². The van der Waals surface area contributed by atoms with Gasteiger partial charge in [0.1, 0.15) is 0 Å². The van der Waals surface area contributed by atoms with E-state index in [4.69, 9.17) is 11.6 Å². The Labute approximate surface area is 118 Å². The Morgan fingerprint density at radius 1 is 1.32 bits per heavy atom. The van der Waals surface area contributed by atoms with Crippen LogP contribution in [-0.2, 0) is 4.79 Å². The fourth-order valence-corrected chi connectivity index (χ4v) is 1.70. The summed E-state index contributed by atoms with van der Waals surface area (Å²) in [4.78, 5) is 23.3. The van der Waals surface area contributed by atoms with Gasteiger partial charge in [-0.15, -0.1) is 0 Å². The minimum Gasteiger partial charge on any atom is -0.354 e. The SMILES string of the molecule is CC[C@@H](C)NC(=O)CCNC(=O)c1ccccc1Cl. The van der Waals surface area contributed by atoms with Crippen molar-refractivity contribution in [2.75, 3.05) is 6.54 Å². The zero-order chi connectivity index (χ0) is 14.3. The molecule has 0 aliphatic carbocycles. The zero-order valence-corrected chi connectivity index (χ0v) is 12.0. The molecule has 1 rings (SSSR count). The normalized spacial score (nSPS) is 11.7. The first-order chi connectivity index (χ1) is 9.04. The summed E-state index contributed by atoms with van der Waals surface area (Å²) in [5.41, 5.74) is 0.423. The molecule has 4 nitrogen and oxygen atoms in total. The number of carbonyl (C=O) groups excluding carboxylic acids is 2. The quantitative estimate of drug-likeness (QED) is 0.842. The maximum atomic E-state index is 11.8. The molecule has 1 aromatic rings. The van der Waals surface area contributed by atoms with E-state index in [0.717, 1.165) is 6.42 Å². The van der Waals surface area contributed by atoms with Crippen molar-refractivity contribution < 1.29 is 9.59 Å². The van der Waals surface area contributed by atoms with Gasteiger partial charge in [-0.05, 0) is 25.5 Å². The van der Waals surface area contributed by atoms with Gasteiger partial charge in [0, 0.05) is 19.0 Å². The molecule has 19 heavy (non-hydrogen) atoms. The van der Waals surface area contributed by atoms with E-state index in [0.29, 0.717) is 17.1 Å². The molecule has 0 aliphatic rings. The van der Waals surface area contributed by atoms with Crippen LogP contribution in [0.4, 0.5) is 0 Å². The lowest BCUT2D eigenvalue weighted by Crippen LogP contribution is -2.35. The monoisotopic (exact) mass is 282 g/mol. The Morgan fingerprint density at radius 2 is 2.00 bits per heavy atom. The number of hydrogen-bond acceptors (Lipinski definition) is 2. The van der Waals surface area contributed by atoms with Crippen LogP contribution in [0.3, 0.4) is 0 Å². The lowest BCUT2D eigenvalue weighted by Gasteiger charge is -2.11. The summed E-state index contributed by atoms with van der Waals surface area (Å²) in [6.07, 6.45) is 1.15. The van der Waals surface area contributed by atoms with E-state index in [2.05, 4.69) is 10.6 Å². The van der Waals surface area contributed by atoms with Crippen LogP contribution in [0.15, 0.2) is 24.3 Å².